The maximum Gasteiger partial charge on any atom is 0.157 e. The van der Waals surface area contributed by atoms with Gasteiger partial charge in [0.2, 0.25) is 0 Å². The third-order valence-corrected chi connectivity index (χ3v) is 5.38. The average Bonchev–Trinajstić information content (AvgIpc) is 3.08. The molecule has 0 atom stereocenters. The van der Waals surface area contributed by atoms with E-state index in [2.05, 4.69) is 39.3 Å². The minimum absolute atomic E-state index is 0.202. The van der Waals surface area contributed by atoms with Crippen molar-refractivity contribution in [3.05, 3.63) is 41.5 Å². The summed E-state index contributed by atoms with van der Waals surface area (Å²) in [6.07, 6.45) is 1.87. The molecule has 3 aromatic rings. The van der Waals surface area contributed by atoms with Crippen LogP contribution in [-0.4, -0.2) is 58.7 Å². The van der Waals surface area contributed by atoms with Crippen LogP contribution in [0, 0.1) is 11.3 Å². The van der Waals surface area contributed by atoms with E-state index in [-0.39, 0.29) is 6.61 Å². The Morgan fingerprint density at radius 2 is 1.96 bits per heavy atom. The first-order chi connectivity index (χ1) is 13.3. The molecule has 0 unspecified atom stereocenters. The summed E-state index contributed by atoms with van der Waals surface area (Å²) in [4.78, 5) is 9.47. The minimum Gasteiger partial charge on any atom is -0.395 e. The van der Waals surface area contributed by atoms with Crippen molar-refractivity contribution >= 4 is 22.5 Å². The van der Waals surface area contributed by atoms with Crippen molar-refractivity contribution in [1.82, 2.24) is 14.3 Å². The molecule has 6 nitrogen and oxygen atoms in total. The molecule has 140 valence electrons. The molecule has 0 bridgehead atoms. The summed E-state index contributed by atoms with van der Waals surface area (Å²) in [6.45, 7) is 6.73. The lowest BCUT2D eigenvalue weighted by atomic mass is 10.1. The second-order valence-corrected chi connectivity index (χ2v) is 7.08. The molecule has 1 N–H and O–H groups in total. The number of hydrogen-bond donors (Lipinski definition) is 1. The van der Waals surface area contributed by atoms with Crippen molar-refractivity contribution in [1.29, 1.82) is 5.26 Å². The van der Waals surface area contributed by atoms with Crippen LogP contribution in [0.2, 0.25) is 0 Å². The van der Waals surface area contributed by atoms with Crippen LogP contribution < -0.4 is 4.90 Å². The number of nitriles is 1. The number of imidazole rings is 1. The Balaban J connectivity index is 1.87. The van der Waals surface area contributed by atoms with Gasteiger partial charge < -0.3 is 10.0 Å². The van der Waals surface area contributed by atoms with Crippen LogP contribution in [-0.2, 0) is 6.42 Å². The highest BCUT2D eigenvalue weighted by molar-refractivity contribution is 5.85. The number of aliphatic hydroxyl groups excluding tert-OH is 1. The van der Waals surface area contributed by atoms with Gasteiger partial charge in [-0.25, -0.2) is 4.98 Å². The molecule has 0 aliphatic carbocycles. The lowest BCUT2D eigenvalue weighted by Gasteiger charge is -2.36. The van der Waals surface area contributed by atoms with Crippen LogP contribution in [0.1, 0.15) is 24.5 Å². The smallest absolute Gasteiger partial charge is 0.157 e. The lowest BCUT2D eigenvalue weighted by molar-refractivity contribution is 0.188. The maximum absolute atomic E-state index is 9.82. The Morgan fingerprint density at radius 3 is 2.67 bits per heavy atom. The molecule has 0 saturated carbocycles. The van der Waals surface area contributed by atoms with Crippen molar-refractivity contribution in [2.45, 2.75) is 19.8 Å². The van der Waals surface area contributed by atoms with E-state index in [9.17, 15) is 10.4 Å². The molecule has 4 rings (SSSR count). The van der Waals surface area contributed by atoms with Crippen molar-refractivity contribution in [2.75, 3.05) is 44.2 Å². The van der Waals surface area contributed by atoms with Gasteiger partial charge in [0.25, 0.3) is 0 Å². The van der Waals surface area contributed by atoms with Gasteiger partial charge in [-0.2, -0.15) is 5.26 Å². The molecule has 1 aliphatic rings. The average molecular weight is 363 g/mol. The molecule has 0 radical (unpaired) electrons. The number of aromatic nitrogens is 2. The molecule has 1 fully saturated rings. The molecule has 1 aliphatic heterocycles. The van der Waals surface area contributed by atoms with Gasteiger partial charge in [-0.1, -0.05) is 25.5 Å². The zero-order valence-electron chi connectivity index (χ0n) is 15.7. The van der Waals surface area contributed by atoms with Crippen molar-refractivity contribution in [2.24, 2.45) is 0 Å². The minimum atomic E-state index is 0.202. The maximum atomic E-state index is 9.82. The van der Waals surface area contributed by atoms with Crippen LogP contribution in [0.25, 0.3) is 16.7 Å². The summed E-state index contributed by atoms with van der Waals surface area (Å²) in [5.74, 6) is 1.12. The molecule has 0 spiro atoms. The van der Waals surface area contributed by atoms with Gasteiger partial charge in [0, 0.05) is 32.7 Å². The van der Waals surface area contributed by atoms with Gasteiger partial charge in [-0.15, -0.1) is 0 Å². The van der Waals surface area contributed by atoms with Crippen LogP contribution in [0.15, 0.2) is 30.3 Å². The van der Waals surface area contributed by atoms with Crippen LogP contribution in [0.4, 0.5) is 5.82 Å². The van der Waals surface area contributed by atoms with Gasteiger partial charge in [0.1, 0.15) is 11.9 Å². The first kappa shape index (κ1) is 17.8. The second kappa shape index (κ2) is 7.55. The largest absolute Gasteiger partial charge is 0.395 e. The number of aryl methyl sites for hydroxylation is 1. The molecular formula is C21H25N5O. The summed E-state index contributed by atoms with van der Waals surface area (Å²) in [6, 6.07) is 12.7. The molecule has 1 saturated heterocycles. The molecule has 0 amide bonds. The first-order valence-electron chi connectivity index (χ1n) is 9.68. The molecule has 6 heteroatoms. The summed E-state index contributed by atoms with van der Waals surface area (Å²) < 4.78 is 2.15. The van der Waals surface area contributed by atoms with Gasteiger partial charge in [0.15, 0.2) is 5.65 Å². The Morgan fingerprint density at radius 1 is 1.19 bits per heavy atom. The second-order valence-electron chi connectivity index (χ2n) is 7.08. The summed E-state index contributed by atoms with van der Waals surface area (Å²) >= 11 is 0. The highest BCUT2D eigenvalue weighted by Crippen LogP contribution is 2.30. The van der Waals surface area contributed by atoms with E-state index in [0.29, 0.717) is 5.56 Å². The predicted molar refractivity (Wildman–Crippen MR) is 107 cm³/mol. The Labute approximate surface area is 159 Å². The van der Waals surface area contributed by atoms with Crippen LogP contribution in [0.3, 0.4) is 0 Å². The number of rotatable bonds is 5. The van der Waals surface area contributed by atoms with Crippen LogP contribution in [0.5, 0.6) is 0 Å². The summed E-state index contributed by atoms with van der Waals surface area (Å²) in [5.41, 5.74) is 4.49. The number of anilines is 1. The Bertz CT molecular complexity index is 995. The number of piperazine rings is 1. The fourth-order valence-corrected chi connectivity index (χ4v) is 4.02. The molecule has 2 aromatic heterocycles. The summed E-state index contributed by atoms with van der Waals surface area (Å²) in [5, 5.41) is 19.0. The van der Waals surface area contributed by atoms with E-state index >= 15 is 0 Å². The molecular weight excluding hydrogens is 338 g/mol. The zero-order valence-corrected chi connectivity index (χ0v) is 15.7. The summed E-state index contributed by atoms with van der Waals surface area (Å²) in [7, 11) is 0. The third-order valence-electron chi connectivity index (χ3n) is 5.38. The number of β-amino-alcohol motifs (C(OH)–C–C–N with tert-alkyl or cyclic N) is 1. The van der Waals surface area contributed by atoms with Crippen molar-refractivity contribution in [3.63, 3.8) is 0 Å². The lowest BCUT2D eigenvalue weighted by Crippen LogP contribution is -2.47. The topological polar surface area (TPSA) is 67.8 Å². The van der Waals surface area contributed by atoms with Gasteiger partial charge >= 0.3 is 0 Å². The van der Waals surface area contributed by atoms with E-state index in [1.54, 1.807) is 0 Å². The number of para-hydroxylation sites is 2. The third kappa shape index (κ3) is 3.14. The number of fused-ring (bicyclic) bond motifs is 3. The quantitative estimate of drug-likeness (QED) is 0.754. The number of pyridine rings is 1. The zero-order chi connectivity index (χ0) is 18.8. The normalized spacial score (nSPS) is 15.5. The number of benzene rings is 1. The van der Waals surface area contributed by atoms with Gasteiger partial charge in [0.05, 0.1) is 23.2 Å². The van der Waals surface area contributed by atoms with Gasteiger partial charge in [-0.05, 0) is 30.2 Å². The van der Waals surface area contributed by atoms with E-state index in [4.69, 9.17) is 4.98 Å². The SMILES string of the molecule is CCCc1cc(N2CCN(CCO)CC2)n2c(nc3ccccc32)c1C#N. The van der Waals surface area contributed by atoms with Crippen molar-refractivity contribution in [3.8, 4) is 6.07 Å². The van der Waals surface area contributed by atoms with E-state index < -0.39 is 0 Å². The Hall–Kier alpha value is -2.62. The van der Waals surface area contributed by atoms with E-state index in [0.717, 1.165) is 73.6 Å². The van der Waals surface area contributed by atoms with Gasteiger partial charge in [-0.3, -0.25) is 9.30 Å². The van der Waals surface area contributed by atoms with E-state index in [1.807, 2.05) is 18.2 Å². The highest BCUT2D eigenvalue weighted by Gasteiger charge is 2.23. The van der Waals surface area contributed by atoms with Crippen molar-refractivity contribution < 1.29 is 5.11 Å². The van der Waals surface area contributed by atoms with Crippen LogP contribution >= 0.6 is 0 Å². The standard InChI is InChI=1S/C21H25N5O/c1-2-5-16-14-20(25-10-8-24(9-11-25)12-13-27)26-19-7-4-3-6-18(19)23-21(26)17(16)15-22/h3-4,6-7,14,27H,2,5,8-13H2,1H3. The number of aliphatic hydroxyl groups is 1. The Kier molecular flexibility index (Phi) is 4.97. The molecule has 1 aromatic carbocycles. The fraction of sp³-hybridized carbons (Fsp3) is 0.429. The predicted octanol–water partition coefficient (Wildman–Crippen LogP) is 2.43. The first-order valence-corrected chi connectivity index (χ1v) is 9.68. The monoisotopic (exact) mass is 363 g/mol. The number of nitrogens with zero attached hydrogens (tertiary/aromatic N) is 5. The fourth-order valence-electron chi connectivity index (χ4n) is 4.02. The van der Waals surface area contributed by atoms with E-state index in [1.165, 1.54) is 0 Å². The number of hydrogen-bond acceptors (Lipinski definition) is 5. The molecule has 27 heavy (non-hydrogen) atoms. The highest BCUT2D eigenvalue weighted by atomic mass is 16.3. The molecule has 3 heterocycles.